The smallest absolute Gasteiger partial charge is 0.107 e. The molecule has 0 radical (unpaired) electrons. The van der Waals surface area contributed by atoms with E-state index < -0.39 is 35.9 Å². The first kappa shape index (κ1) is 14.2. The third kappa shape index (κ3) is 2.88. The van der Waals surface area contributed by atoms with E-state index in [2.05, 4.69) is 10.0 Å². The van der Waals surface area contributed by atoms with E-state index in [1.807, 2.05) is 20.8 Å². The van der Waals surface area contributed by atoms with Crippen LogP contribution in [0.2, 0.25) is 0 Å². The highest BCUT2D eigenvalue weighted by atomic mass is 16.5. The third-order valence-electron chi connectivity index (χ3n) is 2.93. The van der Waals surface area contributed by atoms with Crippen LogP contribution in [0.3, 0.4) is 0 Å². The number of aliphatic hydroxyl groups excluding tert-OH is 3. The standard InChI is InChI=1S/C10H19N3O4/c1-10(2,3)9-8(16)7(15)6(12-13-11)5(4-14)17-9/h5-9,14-16H,4H2,1-3H3/t5?,6-,7-,8?,9?/m0/s1. The van der Waals surface area contributed by atoms with E-state index >= 15 is 0 Å². The van der Waals surface area contributed by atoms with Crippen LogP contribution in [0.5, 0.6) is 0 Å². The van der Waals surface area contributed by atoms with Crippen molar-refractivity contribution >= 4 is 0 Å². The fourth-order valence-electron chi connectivity index (χ4n) is 2.02. The molecule has 0 bridgehead atoms. The highest BCUT2D eigenvalue weighted by Crippen LogP contribution is 2.33. The number of azide groups is 1. The van der Waals surface area contributed by atoms with E-state index in [-0.39, 0.29) is 6.61 Å². The lowest BCUT2D eigenvalue weighted by molar-refractivity contribution is -0.214. The fourth-order valence-corrected chi connectivity index (χ4v) is 2.02. The van der Waals surface area contributed by atoms with Crippen molar-refractivity contribution in [1.29, 1.82) is 0 Å². The Kier molecular flexibility index (Phi) is 4.35. The monoisotopic (exact) mass is 245 g/mol. The van der Waals surface area contributed by atoms with Gasteiger partial charge in [-0.05, 0) is 10.9 Å². The molecule has 1 aliphatic rings. The highest BCUT2D eigenvalue weighted by molar-refractivity contribution is 4.99. The Labute approximate surface area is 99.6 Å². The number of aliphatic hydroxyl groups is 3. The van der Waals surface area contributed by atoms with Gasteiger partial charge < -0.3 is 20.1 Å². The van der Waals surface area contributed by atoms with Crippen LogP contribution in [0.4, 0.5) is 0 Å². The van der Waals surface area contributed by atoms with Crippen LogP contribution in [0.15, 0.2) is 5.11 Å². The number of ether oxygens (including phenoxy) is 1. The van der Waals surface area contributed by atoms with Gasteiger partial charge in [0.05, 0.1) is 31.0 Å². The van der Waals surface area contributed by atoms with Crippen molar-refractivity contribution in [3.8, 4) is 0 Å². The summed E-state index contributed by atoms with van der Waals surface area (Å²) in [5, 5.41) is 32.4. The molecule has 3 unspecified atom stereocenters. The molecule has 17 heavy (non-hydrogen) atoms. The van der Waals surface area contributed by atoms with Gasteiger partial charge in [-0.2, -0.15) is 0 Å². The summed E-state index contributed by atoms with van der Waals surface area (Å²) in [4.78, 5) is 2.59. The van der Waals surface area contributed by atoms with Gasteiger partial charge in [0, 0.05) is 4.91 Å². The predicted octanol–water partition coefficient (Wildman–Crippen LogP) is 0.193. The number of hydrogen-bond acceptors (Lipinski definition) is 5. The Balaban J connectivity index is 2.97. The molecule has 3 N–H and O–H groups in total. The SMILES string of the molecule is CC(C)(C)C1OC(CO)[C@H](N=[N+]=[N-])[C@H](O)C1O. The minimum atomic E-state index is -1.24. The first-order valence-corrected chi connectivity index (χ1v) is 5.49. The predicted molar refractivity (Wildman–Crippen MR) is 60.1 cm³/mol. The summed E-state index contributed by atoms with van der Waals surface area (Å²) in [7, 11) is 0. The van der Waals surface area contributed by atoms with Gasteiger partial charge in [0.15, 0.2) is 0 Å². The van der Waals surface area contributed by atoms with E-state index in [0.29, 0.717) is 0 Å². The molecule has 1 rings (SSSR count). The van der Waals surface area contributed by atoms with Crippen molar-refractivity contribution in [2.24, 2.45) is 10.5 Å². The minimum absolute atomic E-state index is 0.375. The second-order valence-corrected chi connectivity index (χ2v) is 5.32. The molecule has 0 aromatic heterocycles. The Morgan fingerprint density at radius 1 is 1.29 bits per heavy atom. The maximum absolute atomic E-state index is 9.94. The summed E-state index contributed by atoms with van der Waals surface area (Å²) in [6, 6.07) is -0.974. The van der Waals surface area contributed by atoms with Gasteiger partial charge in [-0.1, -0.05) is 25.9 Å². The molecule has 7 nitrogen and oxygen atoms in total. The molecular weight excluding hydrogens is 226 g/mol. The molecule has 98 valence electrons. The molecule has 5 atom stereocenters. The number of rotatable bonds is 2. The molecule has 1 fully saturated rings. The molecular formula is C10H19N3O4. The van der Waals surface area contributed by atoms with Crippen LogP contribution in [0.1, 0.15) is 20.8 Å². The summed E-state index contributed by atoms with van der Waals surface area (Å²) < 4.78 is 5.52. The zero-order chi connectivity index (χ0) is 13.2. The van der Waals surface area contributed by atoms with Crippen LogP contribution < -0.4 is 0 Å². The fraction of sp³-hybridized carbons (Fsp3) is 1.00. The van der Waals surface area contributed by atoms with Gasteiger partial charge in [0.1, 0.15) is 6.10 Å². The Hall–Kier alpha value is -0.850. The van der Waals surface area contributed by atoms with E-state index in [9.17, 15) is 15.3 Å². The van der Waals surface area contributed by atoms with Crippen molar-refractivity contribution in [3.63, 3.8) is 0 Å². The molecule has 0 amide bonds. The number of hydrogen-bond donors (Lipinski definition) is 3. The largest absolute Gasteiger partial charge is 0.394 e. The zero-order valence-electron chi connectivity index (χ0n) is 10.2. The molecule has 1 aliphatic heterocycles. The van der Waals surface area contributed by atoms with E-state index in [0.717, 1.165) is 0 Å². The average molecular weight is 245 g/mol. The van der Waals surface area contributed by atoms with Crippen LogP contribution in [0.25, 0.3) is 10.4 Å². The lowest BCUT2D eigenvalue weighted by atomic mass is 9.80. The second kappa shape index (κ2) is 5.20. The second-order valence-electron chi connectivity index (χ2n) is 5.32. The molecule has 0 aliphatic carbocycles. The topological polar surface area (TPSA) is 119 Å². The van der Waals surface area contributed by atoms with Crippen LogP contribution in [-0.4, -0.2) is 52.4 Å². The van der Waals surface area contributed by atoms with Crippen LogP contribution in [-0.2, 0) is 4.74 Å². The molecule has 0 aromatic carbocycles. The van der Waals surface area contributed by atoms with Gasteiger partial charge in [0.25, 0.3) is 0 Å². The van der Waals surface area contributed by atoms with E-state index in [4.69, 9.17) is 10.3 Å². The van der Waals surface area contributed by atoms with Gasteiger partial charge in [-0.25, -0.2) is 0 Å². The first-order valence-electron chi connectivity index (χ1n) is 5.49. The summed E-state index contributed by atoms with van der Waals surface area (Å²) in [5.41, 5.74) is 8.00. The lowest BCUT2D eigenvalue weighted by Crippen LogP contribution is -2.60. The maximum Gasteiger partial charge on any atom is 0.107 e. The van der Waals surface area contributed by atoms with Crippen molar-refractivity contribution in [2.75, 3.05) is 6.61 Å². The minimum Gasteiger partial charge on any atom is -0.394 e. The molecule has 0 saturated carbocycles. The molecule has 7 heteroatoms. The third-order valence-corrected chi connectivity index (χ3v) is 2.93. The zero-order valence-corrected chi connectivity index (χ0v) is 10.2. The normalized spacial score (nSPS) is 38.6. The van der Waals surface area contributed by atoms with Gasteiger partial charge in [-0.15, -0.1) is 0 Å². The maximum atomic E-state index is 9.94. The molecule has 0 spiro atoms. The van der Waals surface area contributed by atoms with Crippen LogP contribution in [0, 0.1) is 5.41 Å². The molecule has 0 aromatic rings. The van der Waals surface area contributed by atoms with E-state index in [1.165, 1.54) is 0 Å². The van der Waals surface area contributed by atoms with Crippen molar-refractivity contribution < 1.29 is 20.1 Å². The Morgan fingerprint density at radius 3 is 2.29 bits per heavy atom. The van der Waals surface area contributed by atoms with Gasteiger partial charge in [-0.3, -0.25) is 0 Å². The molecule has 1 saturated heterocycles. The van der Waals surface area contributed by atoms with Crippen molar-refractivity contribution in [2.45, 2.75) is 51.2 Å². The summed E-state index contributed by atoms with van der Waals surface area (Å²) in [6.07, 6.45) is -3.80. The lowest BCUT2D eigenvalue weighted by Gasteiger charge is -2.45. The Morgan fingerprint density at radius 2 is 1.88 bits per heavy atom. The summed E-state index contributed by atoms with van der Waals surface area (Å²) in [5.74, 6) is 0. The summed E-state index contributed by atoms with van der Waals surface area (Å²) in [6.45, 7) is 5.20. The van der Waals surface area contributed by atoms with Crippen molar-refractivity contribution in [1.82, 2.24) is 0 Å². The Bertz CT molecular complexity index is 309. The van der Waals surface area contributed by atoms with Crippen molar-refractivity contribution in [3.05, 3.63) is 10.4 Å². The first-order chi connectivity index (χ1) is 7.82. The van der Waals surface area contributed by atoms with E-state index in [1.54, 1.807) is 0 Å². The average Bonchev–Trinajstić information content (AvgIpc) is 2.23. The molecule has 1 heterocycles. The highest BCUT2D eigenvalue weighted by Gasteiger charge is 2.47. The summed E-state index contributed by atoms with van der Waals surface area (Å²) >= 11 is 0. The number of nitrogens with zero attached hydrogens (tertiary/aromatic N) is 3. The quantitative estimate of drug-likeness (QED) is 0.365. The van der Waals surface area contributed by atoms with Gasteiger partial charge in [0.2, 0.25) is 0 Å². The van der Waals surface area contributed by atoms with Crippen LogP contribution >= 0.6 is 0 Å². The van der Waals surface area contributed by atoms with Gasteiger partial charge >= 0.3 is 0 Å².